The molecule has 0 saturated carbocycles. The first kappa shape index (κ1) is 12.1. The van der Waals surface area contributed by atoms with E-state index in [0.29, 0.717) is 6.42 Å². The molecule has 5 nitrogen and oxygen atoms in total. The molecule has 0 bridgehead atoms. The highest BCUT2D eigenvalue weighted by atomic mass is 32.2. The number of hydrogen-bond acceptors (Lipinski definition) is 4. The summed E-state index contributed by atoms with van der Waals surface area (Å²) in [4.78, 5) is 10.9. The molecular formula is C7H12O5S. The molecule has 13 heavy (non-hydrogen) atoms. The Bertz CT molecular complexity index is 290. The maximum absolute atomic E-state index is 10.9. The summed E-state index contributed by atoms with van der Waals surface area (Å²) < 4.78 is 33.2. The molecule has 0 aliphatic heterocycles. The van der Waals surface area contributed by atoms with E-state index in [0.717, 1.165) is 0 Å². The van der Waals surface area contributed by atoms with E-state index in [9.17, 15) is 13.2 Å². The lowest BCUT2D eigenvalue weighted by molar-refractivity contribution is -0.138. The second-order valence-corrected chi connectivity index (χ2v) is 3.95. The van der Waals surface area contributed by atoms with E-state index in [1.807, 2.05) is 0 Å². The number of rotatable bonds is 5. The number of esters is 1. The fraction of sp³-hybridized carbons (Fsp3) is 0.571. The largest absolute Gasteiger partial charge is 0.461 e. The molecule has 0 aliphatic carbocycles. The highest BCUT2D eigenvalue weighted by Crippen LogP contribution is 1.99. The van der Waals surface area contributed by atoms with E-state index in [-0.39, 0.29) is 12.2 Å². The fourth-order valence-electron chi connectivity index (χ4n) is 0.486. The number of hydrogen-bond donors (Lipinski definition) is 1. The van der Waals surface area contributed by atoms with Gasteiger partial charge in [-0.15, -0.1) is 0 Å². The van der Waals surface area contributed by atoms with Crippen molar-refractivity contribution in [2.24, 2.45) is 0 Å². The quantitative estimate of drug-likeness (QED) is 0.401. The summed E-state index contributed by atoms with van der Waals surface area (Å²) in [6, 6.07) is 0. The van der Waals surface area contributed by atoms with Gasteiger partial charge in [-0.25, -0.2) is 4.79 Å². The molecule has 0 amide bonds. The van der Waals surface area contributed by atoms with Gasteiger partial charge in [-0.1, -0.05) is 13.5 Å². The molecule has 6 heteroatoms. The third-order valence-corrected chi connectivity index (χ3v) is 1.97. The van der Waals surface area contributed by atoms with Crippen molar-refractivity contribution in [2.75, 3.05) is 12.4 Å². The average Bonchev–Trinajstić information content (AvgIpc) is 2.00. The van der Waals surface area contributed by atoms with Crippen molar-refractivity contribution in [3.63, 3.8) is 0 Å². The summed E-state index contributed by atoms with van der Waals surface area (Å²) in [5, 5.41) is 0. The molecule has 76 valence electrons. The van der Waals surface area contributed by atoms with Crippen molar-refractivity contribution in [1.29, 1.82) is 0 Å². The predicted molar refractivity (Wildman–Crippen MR) is 46.8 cm³/mol. The lowest BCUT2D eigenvalue weighted by Gasteiger charge is -2.03. The van der Waals surface area contributed by atoms with Crippen LogP contribution in [0.5, 0.6) is 0 Å². The van der Waals surface area contributed by atoms with Crippen LogP contribution in [0.3, 0.4) is 0 Å². The first-order chi connectivity index (χ1) is 5.87. The second-order valence-electron chi connectivity index (χ2n) is 2.38. The minimum Gasteiger partial charge on any atom is -0.461 e. The van der Waals surface area contributed by atoms with Gasteiger partial charge in [0.05, 0.1) is 0 Å². The van der Waals surface area contributed by atoms with Crippen LogP contribution in [0, 0.1) is 0 Å². The standard InChI is InChI=1S/C7H12O5S/c1-3-6(2)7(8)12-4-5-13(9,10)11/h2-5H2,1H3,(H,9,10,11). The minimum absolute atomic E-state index is 0.273. The number of carbonyl (C=O) groups is 1. The third kappa shape index (κ3) is 6.30. The maximum Gasteiger partial charge on any atom is 0.333 e. The smallest absolute Gasteiger partial charge is 0.333 e. The first-order valence-corrected chi connectivity index (χ1v) is 5.27. The average molecular weight is 208 g/mol. The van der Waals surface area contributed by atoms with Crippen LogP contribution in [0.4, 0.5) is 0 Å². The van der Waals surface area contributed by atoms with Crippen LogP contribution < -0.4 is 0 Å². The fourth-order valence-corrected chi connectivity index (χ4v) is 0.780. The molecule has 0 saturated heterocycles. The molecule has 0 aromatic rings. The molecule has 0 aromatic heterocycles. The van der Waals surface area contributed by atoms with Crippen molar-refractivity contribution in [1.82, 2.24) is 0 Å². The van der Waals surface area contributed by atoms with E-state index in [1.165, 1.54) is 0 Å². The second kappa shape index (κ2) is 4.98. The summed E-state index contributed by atoms with van der Waals surface area (Å²) in [6.45, 7) is 4.78. The Morgan fingerprint density at radius 1 is 1.54 bits per heavy atom. The molecule has 0 radical (unpaired) electrons. The monoisotopic (exact) mass is 208 g/mol. The summed E-state index contributed by atoms with van der Waals surface area (Å²) in [5.41, 5.74) is 0.273. The molecule has 0 unspecified atom stereocenters. The highest BCUT2D eigenvalue weighted by molar-refractivity contribution is 7.85. The van der Waals surface area contributed by atoms with Gasteiger partial charge in [0.2, 0.25) is 0 Å². The van der Waals surface area contributed by atoms with Crippen molar-refractivity contribution in [3.05, 3.63) is 12.2 Å². The third-order valence-electron chi connectivity index (χ3n) is 1.29. The summed E-state index contributed by atoms with van der Waals surface area (Å²) in [7, 11) is -4.06. The zero-order valence-corrected chi connectivity index (χ0v) is 8.13. The van der Waals surface area contributed by atoms with E-state index >= 15 is 0 Å². The Balaban J connectivity index is 3.79. The van der Waals surface area contributed by atoms with Crippen LogP contribution in [0.2, 0.25) is 0 Å². The Labute approximate surface area is 77.1 Å². The van der Waals surface area contributed by atoms with Crippen molar-refractivity contribution < 1.29 is 22.5 Å². The molecule has 1 N–H and O–H groups in total. The summed E-state index contributed by atoms with van der Waals surface area (Å²) in [6.07, 6.45) is 0.449. The van der Waals surface area contributed by atoms with E-state index in [4.69, 9.17) is 4.55 Å². The summed E-state index contributed by atoms with van der Waals surface area (Å²) >= 11 is 0. The van der Waals surface area contributed by atoms with Gasteiger partial charge in [-0.3, -0.25) is 4.55 Å². The van der Waals surface area contributed by atoms with Gasteiger partial charge in [0.25, 0.3) is 10.1 Å². The van der Waals surface area contributed by atoms with Gasteiger partial charge in [-0.05, 0) is 6.42 Å². The normalized spacial score (nSPS) is 10.9. The minimum atomic E-state index is -4.06. The lowest BCUT2D eigenvalue weighted by Crippen LogP contribution is -2.15. The van der Waals surface area contributed by atoms with Crippen LogP contribution in [-0.4, -0.2) is 31.3 Å². The van der Waals surface area contributed by atoms with E-state index in [2.05, 4.69) is 11.3 Å². The summed E-state index contributed by atoms with van der Waals surface area (Å²) in [5.74, 6) is -1.22. The molecule has 0 fully saturated rings. The highest BCUT2D eigenvalue weighted by Gasteiger charge is 2.09. The molecular weight excluding hydrogens is 196 g/mol. The van der Waals surface area contributed by atoms with Gasteiger partial charge in [0.1, 0.15) is 12.4 Å². The number of carbonyl (C=O) groups excluding carboxylic acids is 1. The van der Waals surface area contributed by atoms with Gasteiger partial charge >= 0.3 is 5.97 Å². The van der Waals surface area contributed by atoms with Gasteiger partial charge in [0, 0.05) is 5.57 Å². The SMILES string of the molecule is C=C(CC)C(=O)OCCS(=O)(=O)O. The van der Waals surface area contributed by atoms with Crippen molar-refractivity contribution in [2.45, 2.75) is 13.3 Å². The van der Waals surface area contributed by atoms with Crippen molar-refractivity contribution >= 4 is 16.1 Å². The Kier molecular flexibility index (Phi) is 4.64. The lowest BCUT2D eigenvalue weighted by atomic mass is 10.2. The van der Waals surface area contributed by atoms with Gasteiger partial charge < -0.3 is 4.74 Å². The Morgan fingerprint density at radius 3 is 2.46 bits per heavy atom. The zero-order valence-electron chi connectivity index (χ0n) is 7.32. The Hall–Kier alpha value is -0.880. The van der Waals surface area contributed by atoms with Crippen LogP contribution in [0.1, 0.15) is 13.3 Å². The predicted octanol–water partition coefficient (Wildman–Crippen LogP) is 0.384. The zero-order chi connectivity index (χ0) is 10.5. The van der Waals surface area contributed by atoms with Crippen LogP contribution >= 0.6 is 0 Å². The van der Waals surface area contributed by atoms with Crippen LogP contribution in [0.25, 0.3) is 0 Å². The molecule has 0 atom stereocenters. The van der Waals surface area contributed by atoms with Crippen LogP contribution in [0.15, 0.2) is 12.2 Å². The molecule has 0 aromatic carbocycles. The van der Waals surface area contributed by atoms with Gasteiger partial charge in [0.15, 0.2) is 0 Å². The number of ether oxygens (including phenoxy) is 1. The maximum atomic E-state index is 10.9. The topological polar surface area (TPSA) is 80.7 Å². The molecule has 0 heterocycles. The van der Waals surface area contributed by atoms with Crippen molar-refractivity contribution in [3.8, 4) is 0 Å². The van der Waals surface area contributed by atoms with Gasteiger partial charge in [-0.2, -0.15) is 8.42 Å². The van der Waals surface area contributed by atoms with E-state index < -0.39 is 21.8 Å². The Morgan fingerprint density at radius 2 is 2.08 bits per heavy atom. The van der Waals surface area contributed by atoms with Crippen LogP contribution in [-0.2, 0) is 19.6 Å². The molecule has 0 aliphatic rings. The van der Waals surface area contributed by atoms with E-state index in [1.54, 1.807) is 6.92 Å². The molecule has 0 rings (SSSR count). The first-order valence-electron chi connectivity index (χ1n) is 3.67. The molecule has 0 spiro atoms.